The normalized spacial score (nSPS) is 10.6. The molecule has 132 valence electrons. The van der Waals surface area contributed by atoms with Crippen LogP contribution in [0.3, 0.4) is 0 Å². The molecule has 4 aromatic rings. The standard InChI is InChI=1S/C22H16N2O3/c1-26-19-9-7-15-8-10-20(12-17(15)11-19)27-22(25)18-13-23-21(24-14-18)16-5-3-2-4-6-16/h2-14H,1H3. The molecule has 27 heavy (non-hydrogen) atoms. The lowest BCUT2D eigenvalue weighted by atomic mass is 10.1. The second-order valence-electron chi connectivity index (χ2n) is 5.93. The van der Waals surface area contributed by atoms with Gasteiger partial charge in [-0.05, 0) is 35.0 Å². The van der Waals surface area contributed by atoms with Gasteiger partial charge in [0.1, 0.15) is 11.5 Å². The van der Waals surface area contributed by atoms with Gasteiger partial charge in [0, 0.05) is 18.0 Å². The highest BCUT2D eigenvalue weighted by Crippen LogP contribution is 2.25. The van der Waals surface area contributed by atoms with Crippen molar-refractivity contribution in [2.24, 2.45) is 0 Å². The van der Waals surface area contributed by atoms with Crippen molar-refractivity contribution >= 4 is 16.7 Å². The van der Waals surface area contributed by atoms with E-state index in [0.717, 1.165) is 22.1 Å². The van der Waals surface area contributed by atoms with Crippen LogP contribution in [0.5, 0.6) is 11.5 Å². The molecule has 4 rings (SSSR count). The van der Waals surface area contributed by atoms with Crippen molar-refractivity contribution in [3.8, 4) is 22.9 Å². The van der Waals surface area contributed by atoms with E-state index in [9.17, 15) is 4.79 Å². The van der Waals surface area contributed by atoms with Crippen LogP contribution in [0, 0.1) is 0 Å². The van der Waals surface area contributed by atoms with Crippen LogP contribution in [-0.4, -0.2) is 23.0 Å². The van der Waals surface area contributed by atoms with Crippen LogP contribution in [0.15, 0.2) is 79.1 Å². The van der Waals surface area contributed by atoms with E-state index in [4.69, 9.17) is 9.47 Å². The molecular weight excluding hydrogens is 340 g/mol. The molecule has 0 bridgehead atoms. The van der Waals surface area contributed by atoms with Gasteiger partial charge >= 0.3 is 5.97 Å². The number of esters is 1. The van der Waals surface area contributed by atoms with Crippen molar-refractivity contribution < 1.29 is 14.3 Å². The third-order valence-corrected chi connectivity index (χ3v) is 4.15. The van der Waals surface area contributed by atoms with Crippen molar-refractivity contribution in [2.45, 2.75) is 0 Å². The number of methoxy groups -OCH3 is 1. The molecule has 0 aliphatic rings. The molecule has 5 heteroatoms. The molecule has 0 radical (unpaired) electrons. The number of aromatic nitrogens is 2. The van der Waals surface area contributed by atoms with Gasteiger partial charge in [-0.2, -0.15) is 0 Å². The van der Waals surface area contributed by atoms with Crippen LogP contribution >= 0.6 is 0 Å². The summed E-state index contributed by atoms with van der Waals surface area (Å²) in [5, 5.41) is 1.96. The summed E-state index contributed by atoms with van der Waals surface area (Å²) in [7, 11) is 1.62. The number of carbonyl (C=O) groups excluding carboxylic acids is 1. The Morgan fingerprint density at radius 2 is 1.48 bits per heavy atom. The first-order valence-electron chi connectivity index (χ1n) is 8.40. The molecule has 0 atom stereocenters. The summed E-state index contributed by atoms with van der Waals surface area (Å²) in [6.45, 7) is 0. The summed E-state index contributed by atoms with van der Waals surface area (Å²) < 4.78 is 10.7. The number of carbonyl (C=O) groups is 1. The highest BCUT2D eigenvalue weighted by atomic mass is 16.5. The van der Waals surface area contributed by atoms with E-state index in [0.29, 0.717) is 17.1 Å². The smallest absolute Gasteiger partial charge is 0.346 e. The van der Waals surface area contributed by atoms with Crippen LogP contribution in [0.2, 0.25) is 0 Å². The zero-order valence-corrected chi connectivity index (χ0v) is 14.6. The van der Waals surface area contributed by atoms with Gasteiger partial charge in [-0.1, -0.05) is 42.5 Å². The maximum Gasteiger partial charge on any atom is 0.346 e. The summed E-state index contributed by atoms with van der Waals surface area (Å²) in [5.74, 6) is 1.26. The molecule has 0 unspecified atom stereocenters. The first-order valence-corrected chi connectivity index (χ1v) is 8.40. The van der Waals surface area contributed by atoms with E-state index in [1.165, 1.54) is 12.4 Å². The highest BCUT2D eigenvalue weighted by Gasteiger charge is 2.11. The average molecular weight is 356 g/mol. The maximum atomic E-state index is 12.4. The number of rotatable bonds is 4. The van der Waals surface area contributed by atoms with Crippen LogP contribution in [0.1, 0.15) is 10.4 Å². The Kier molecular flexibility index (Phi) is 4.49. The Hall–Kier alpha value is -3.73. The lowest BCUT2D eigenvalue weighted by Crippen LogP contribution is -2.09. The first kappa shape index (κ1) is 16.7. The van der Waals surface area contributed by atoms with E-state index in [1.54, 1.807) is 19.2 Å². The van der Waals surface area contributed by atoms with E-state index in [2.05, 4.69) is 9.97 Å². The first-order chi connectivity index (χ1) is 13.2. The van der Waals surface area contributed by atoms with Crippen LogP contribution in [0.4, 0.5) is 0 Å². The van der Waals surface area contributed by atoms with Gasteiger partial charge in [0.25, 0.3) is 0 Å². The summed E-state index contributed by atoms with van der Waals surface area (Å²) in [5.41, 5.74) is 1.18. The molecule has 0 aliphatic carbocycles. The average Bonchev–Trinajstić information content (AvgIpc) is 2.74. The zero-order chi connectivity index (χ0) is 18.6. The molecule has 0 N–H and O–H groups in total. The fourth-order valence-corrected chi connectivity index (χ4v) is 2.73. The van der Waals surface area contributed by atoms with Crippen molar-refractivity contribution in [1.82, 2.24) is 9.97 Å². The molecule has 0 aliphatic heterocycles. The monoisotopic (exact) mass is 356 g/mol. The molecule has 5 nitrogen and oxygen atoms in total. The number of ether oxygens (including phenoxy) is 2. The highest BCUT2D eigenvalue weighted by molar-refractivity contribution is 5.92. The van der Waals surface area contributed by atoms with E-state index in [-0.39, 0.29) is 0 Å². The third-order valence-electron chi connectivity index (χ3n) is 4.15. The molecule has 1 aromatic heterocycles. The molecule has 0 saturated heterocycles. The summed E-state index contributed by atoms with van der Waals surface area (Å²) in [4.78, 5) is 20.9. The minimum absolute atomic E-state index is 0.292. The molecule has 0 spiro atoms. The lowest BCUT2D eigenvalue weighted by molar-refractivity contribution is 0.0734. The predicted octanol–water partition coefficient (Wildman–Crippen LogP) is 4.52. The number of nitrogens with zero attached hydrogens (tertiary/aromatic N) is 2. The Balaban J connectivity index is 1.54. The van der Waals surface area contributed by atoms with Crippen LogP contribution in [0.25, 0.3) is 22.2 Å². The van der Waals surface area contributed by atoms with E-state index in [1.807, 2.05) is 54.6 Å². The fraction of sp³-hybridized carbons (Fsp3) is 0.0455. The Labute approximate surface area is 156 Å². The molecule has 0 fully saturated rings. The minimum atomic E-state index is -0.503. The van der Waals surface area contributed by atoms with Gasteiger partial charge in [0.15, 0.2) is 5.82 Å². The molecule has 1 heterocycles. The fourth-order valence-electron chi connectivity index (χ4n) is 2.73. The largest absolute Gasteiger partial charge is 0.497 e. The quantitative estimate of drug-likeness (QED) is 0.397. The molecule has 0 amide bonds. The van der Waals surface area contributed by atoms with Gasteiger partial charge in [-0.25, -0.2) is 14.8 Å². The lowest BCUT2D eigenvalue weighted by Gasteiger charge is -2.07. The van der Waals surface area contributed by atoms with Gasteiger partial charge in [0.05, 0.1) is 12.7 Å². The third kappa shape index (κ3) is 3.62. The Morgan fingerprint density at radius 1 is 0.815 bits per heavy atom. The van der Waals surface area contributed by atoms with Gasteiger partial charge in [-0.3, -0.25) is 0 Å². The van der Waals surface area contributed by atoms with Gasteiger partial charge in [0.2, 0.25) is 0 Å². The zero-order valence-electron chi connectivity index (χ0n) is 14.6. The number of hydrogen-bond acceptors (Lipinski definition) is 5. The van der Waals surface area contributed by atoms with E-state index < -0.39 is 5.97 Å². The van der Waals surface area contributed by atoms with Crippen molar-refractivity contribution in [2.75, 3.05) is 7.11 Å². The van der Waals surface area contributed by atoms with Crippen LogP contribution < -0.4 is 9.47 Å². The Bertz CT molecular complexity index is 1090. The van der Waals surface area contributed by atoms with Gasteiger partial charge < -0.3 is 9.47 Å². The SMILES string of the molecule is COc1ccc2ccc(OC(=O)c3cnc(-c4ccccc4)nc3)cc2c1. The topological polar surface area (TPSA) is 61.3 Å². The van der Waals surface area contributed by atoms with Gasteiger partial charge in [-0.15, -0.1) is 0 Å². The maximum absolute atomic E-state index is 12.4. The summed E-state index contributed by atoms with van der Waals surface area (Å²) >= 11 is 0. The van der Waals surface area contributed by atoms with Crippen molar-refractivity contribution in [1.29, 1.82) is 0 Å². The predicted molar refractivity (Wildman–Crippen MR) is 103 cm³/mol. The second kappa shape index (κ2) is 7.25. The number of fused-ring (bicyclic) bond motifs is 1. The van der Waals surface area contributed by atoms with Crippen molar-refractivity contribution in [3.05, 3.63) is 84.7 Å². The summed E-state index contributed by atoms with van der Waals surface area (Å²) in [6, 6.07) is 20.8. The van der Waals surface area contributed by atoms with Crippen molar-refractivity contribution in [3.63, 3.8) is 0 Å². The minimum Gasteiger partial charge on any atom is -0.497 e. The summed E-state index contributed by atoms with van der Waals surface area (Å²) in [6.07, 6.45) is 2.95. The second-order valence-corrected chi connectivity index (χ2v) is 5.93. The molecule has 3 aromatic carbocycles. The number of hydrogen-bond donors (Lipinski definition) is 0. The molecule has 0 saturated carbocycles. The van der Waals surface area contributed by atoms with Crippen LogP contribution in [-0.2, 0) is 0 Å². The Morgan fingerprint density at radius 3 is 2.19 bits per heavy atom. The molecular formula is C22H16N2O3. The van der Waals surface area contributed by atoms with E-state index >= 15 is 0 Å². The number of benzene rings is 3.